The first-order chi connectivity index (χ1) is 13.1. The molecule has 1 N–H and O–H groups in total. The van der Waals surface area contributed by atoms with Crippen LogP contribution in [-0.2, 0) is 18.3 Å². The van der Waals surface area contributed by atoms with Crippen molar-refractivity contribution in [2.24, 2.45) is 7.05 Å². The van der Waals surface area contributed by atoms with Gasteiger partial charge in [0.2, 0.25) is 0 Å². The highest BCUT2D eigenvalue weighted by Gasteiger charge is 2.32. The van der Waals surface area contributed by atoms with E-state index in [1.807, 2.05) is 14.0 Å². The Labute approximate surface area is 159 Å². The van der Waals surface area contributed by atoms with E-state index in [2.05, 4.69) is 25.5 Å². The van der Waals surface area contributed by atoms with Crippen molar-refractivity contribution in [3.05, 3.63) is 34.3 Å². The standard InChI is InChI=1S/C16H19N7O3S/c1-10-13(27-9-18-10)6-17-16(24)23-3-4-25-8-12(23)14-20-15(26-21-14)11-5-19-22(2)7-11/h5,7,9,12H,3-4,6,8H2,1-2H3,(H,17,24). The van der Waals surface area contributed by atoms with Crippen molar-refractivity contribution in [1.29, 1.82) is 0 Å². The van der Waals surface area contributed by atoms with E-state index in [-0.39, 0.29) is 6.03 Å². The second-order valence-corrected chi connectivity index (χ2v) is 7.10. The van der Waals surface area contributed by atoms with Crippen LogP contribution in [0, 0.1) is 6.92 Å². The summed E-state index contributed by atoms with van der Waals surface area (Å²) in [5.41, 5.74) is 3.43. The first kappa shape index (κ1) is 17.6. The minimum atomic E-state index is -0.407. The second kappa shape index (κ2) is 7.45. The number of carbonyl (C=O) groups excluding carboxylic acids is 1. The zero-order valence-electron chi connectivity index (χ0n) is 15.0. The maximum atomic E-state index is 12.7. The minimum absolute atomic E-state index is 0.191. The lowest BCUT2D eigenvalue weighted by Crippen LogP contribution is -2.48. The summed E-state index contributed by atoms with van der Waals surface area (Å²) in [6.45, 7) is 3.60. The van der Waals surface area contributed by atoms with Crippen LogP contribution in [0.2, 0.25) is 0 Å². The molecule has 0 radical (unpaired) electrons. The molecule has 142 valence electrons. The summed E-state index contributed by atoms with van der Waals surface area (Å²) in [5.74, 6) is 0.780. The molecule has 4 heterocycles. The van der Waals surface area contributed by atoms with Crippen LogP contribution in [0.1, 0.15) is 22.4 Å². The Morgan fingerprint density at radius 1 is 1.48 bits per heavy atom. The quantitative estimate of drug-likeness (QED) is 0.720. The van der Waals surface area contributed by atoms with Gasteiger partial charge in [-0.2, -0.15) is 10.1 Å². The molecule has 0 saturated carbocycles. The number of thiazole rings is 1. The first-order valence-electron chi connectivity index (χ1n) is 8.45. The summed E-state index contributed by atoms with van der Waals surface area (Å²) in [7, 11) is 1.81. The molecule has 1 saturated heterocycles. The summed E-state index contributed by atoms with van der Waals surface area (Å²) in [4.78, 5) is 24.1. The maximum Gasteiger partial charge on any atom is 0.318 e. The third-order valence-corrected chi connectivity index (χ3v) is 5.26. The van der Waals surface area contributed by atoms with Gasteiger partial charge in [-0.1, -0.05) is 5.16 Å². The summed E-state index contributed by atoms with van der Waals surface area (Å²) < 4.78 is 12.5. The molecular formula is C16H19N7O3S. The van der Waals surface area contributed by atoms with Gasteiger partial charge in [-0.15, -0.1) is 11.3 Å². The van der Waals surface area contributed by atoms with Crippen LogP contribution < -0.4 is 5.32 Å². The SMILES string of the molecule is Cc1ncsc1CNC(=O)N1CCOCC1c1noc(-c2cnn(C)c2)n1. The van der Waals surface area contributed by atoms with Crippen molar-refractivity contribution < 1.29 is 14.1 Å². The summed E-state index contributed by atoms with van der Waals surface area (Å²) in [6.07, 6.45) is 3.44. The average Bonchev–Trinajstić information content (AvgIpc) is 3.41. The third-order valence-electron chi connectivity index (χ3n) is 4.33. The van der Waals surface area contributed by atoms with Crippen LogP contribution in [0.15, 0.2) is 22.4 Å². The molecule has 0 spiro atoms. The van der Waals surface area contributed by atoms with Gasteiger partial charge in [-0.25, -0.2) is 9.78 Å². The number of amides is 2. The molecule has 3 aromatic heterocycles. The molecule has 1 unspecified atom stereocenters. The van der Waals surface area contributed by atoms with E-state index in [1.165, 1.54) is 11.3 Å². The van der Waals surface area contributed by atoms with E-state index in [9.17, 15) is 4.79 Å². The number of hydrogen-bond acceptors (Lipinski definition) is 8. The van der Waals surface area contributed by atoms with Crippen molar-refractivity contribution in [2.45, 2.75) is 19.5 Å². The number of rotatable bonds is 4. The number of morpholine rings is 1. The van der Waals surface area contributed by atoms with Crippen molar-refractivity contribution >= 4 is 17.4 Å². The van der Waals surface area contributed by atoms with E-state index in [1.54, 1.807) is 27.5 Å². The lowest BCUT2D eigenvalue weighted by molar-refractivity contribution is 0.00785. The van der Waals surface area contributed by atoms with Crippen LogP contribution in [-0.4, -0.2) is 55.6 Å². The number of nitrogens with one attached hydrogen (secondary N) is 1. The number of nitrogens with zero attached hydrogens (tertiary/aromatic N) is 6. The molecule has 1 aliphatic heterocycles. The minimum Gasteiger partial charge on any atom is -0.377 e. The Morgan fingerprint density at radius 2 is 2.37 bits per heavy atom. The molecule has 4 rings (SSSR count). The highest BCUT2D eigenvalue weighted by molar-refractivity contribution is 7.09. The van der Waals surface area contributed by atoms with Gasteiger partial charge in [0, 0.05) is 24.7 Å². The van der Waals surface area contributed by atoms with Crippen LogP contribution in [0.5, 0.6) is 0 Å². The molecule has 11 heteroatoms. The Morgan fingerprint density at radius 3 is 3.11 bits per heavy atom. The molecular weight excluding hydrogens is 370 g/mol. The summed E-state index contributed by atoms with van der Waals surface area (Å²) in [5, 5.41) is 11.1. The largest absolute Gasteiger partial charge is 0.377 e. The lowest BCUT2D eigenvalue weighted by atomic mass is 10.2. The van der Waals surface area contributed by atoms with Crippen LogP contribution in [0.4, 0.5) is 4.79 Å². The van der Waals surface area contributed by atoms with Gasteiger partial charge in [0.1, 0.15) is 6.04 Å². The van der Waals surface area contributed by atoms with Crippen LogP contribution in [0.3, 0.4) is 0 Å². The van der Waals surface area contributed by atoms with Crippen molar-refractivity contribution in [1.82, 2.24) is 35.1 Å². The Kier molecular flexibility index (Phi) is 4.86. The molecule has 3 aromatic rings. The Hall–Kier alpha value is -2.79. The predicted molar refractivity (Wildman–Crippen MR) is 95.9 cm³/mol. The van der Waals surface area contributed by atoms with Gasteiger partial charge < -0.3 is 19.5 Å². The normalized spacial score (nSPS) is 17.3. The van der Waals surface area contributed by atoms with Gasteiger partial charge in [-0.05, 0) is 6.92 Å². The van der Waals surface area contributed by atoms with Crippen molar-refractivity contribution in [3.8, 4) is 11.5 Å². The second-order valence-electron chi connectivity index (χ2n) is 6.16. The van der Waals surface area contributed by atoms with Crippen LogP contribution >= 0.6 is 11.3 Å². The Bertz CT molecular complexity index is 934. The third kappa shape index (κ3) is 3.69. The molecule has 1 aliphatic rings. The highest BCUT2D eigenvalue weighted by atomic mass is 32.1. The fourth-order valence-electron chi connectivity index (χ4n) is 2.83. The fraction of sp³-hybridized carbons (Fsp3) is 0.438. The zero-order valence-corrected chi connectivity index (χ0v) is 15.8. The number of carbonyl (C=O) groups is 1. The number of ether oxygens (including phenoxy) is 1. The van der Waals surface area contributed by atoms with Gasteiger partial charge in [0.15, 0.2) is 5.82 Å². The Balaban J connectivity index is 1.48. The number of urea groups is 1. The smallest absolute Gasteiger partial charge is 0.318 e. The maximum absolute atomic E-state index is 12.7. The first-order valence-corrected chi connectivity index (χ1v) is 9.33. The van der Waals surface area contributed by atoms with Crippen molar-refractivity contribution in [2.75, 3.05) is 19.8 Å². The molecule has 1 fully saturated rings. The molecule has 27 heavy (non-hydrogen) atoms. The van der Waals surface area contributed by atoms with E-state index in [0.29, 0.717) is 38.0 Å². The number of aromatic nitrogens is 5. The molecule has 0 bridgehead atoms. The number of hydrogen-bond donors (Lipinski definition) is 1. The van der Waals surface area contributed by atoms with Gasteiger partial charge in [-0.3, -0.25) is 4.68 Å². The van der Waals surface area contributed by atoms with E-state index in [0.717, 1.165) is 16.1 Å². The lowest BCUT2D eigenvalue weighted by Gasteiger charge is -2.33. The van der Waals surface area contributed by atoms with E-state index in [4.69, 9.17) is 9.26 Å². The molecule has 0 aliphatic carbocycles. The van der Waals surface area contributed by atoms with Crippen LogP contribution in [0.25, 0.3) is 11.5 Å². The summed E-state index contributed by atoms with van der Waals surface area (Å²) in [6, 6.07) is -0.598. The van der Waals surface area contributed by atoms with Gasteiger partial charge >= 0.3 is 6.03 Å². The van der Waals surface area contributed by atoms with Gasteiger partial charge in [0.05, 0.1) is 42.7 Å². The van der Waals surface area contributed by atoms with Crippen molar-refractivity contribution in [3.63, 3.8) is 0 Å². The molecule has 10 nitrogen and oxygen atoms in total. The van der Waals surface area contributed by atoms with E-state index >= 15 is 0 Å². The summed E-state index contributed by atoms with van der Waals surface area (Å²) >= 11 is 1.52. The average molecular weight is 389 g/mol. The topological polar surface area (TPSA) is 111 Å². The number of aryl methyl sites for hydroxylation is 2. The van der Waals surface area contributed by atoms with E-state index < -0.39 is 6.04 Å². The predicted octanol–water partition coefficient (Wildman–Crippen LogP) is 1.52. The monoisotopic (exact) mass is 389 g/mol. The molecule has 1 atom stereocenters. The molecule has 2 amide bonds. The zero-order chi connectivity index (χ0) is 18.8. The molecule has 0 aromatic carbocycles. The fourth-order valence-corrected chi connectivity index (χ4v) is 3.55. The highest BCUT2D eigenvalue weighted by Crippen LogP contribution is 2.25. The van der Waals surface area contributed by atoms with Gasteiger partial charge in [0.25, 0.3) is 5.89 Å².